The van der Waals surface area contributed by atoms with Crippen molar-refractivity contribution in [2.45, 2.75) is 38.4 Å². The molecule has 1 aromatic rings. The Kier molecular flexibility index (Phi) is 7.53. The first-order valence-corrected chi connectivity index (χ1v) is 7.02. The number of hydrogen-bond acceptors (Lipinski definition) is 3. The fourth-order valence-electron chi connectivity index (χ4n) is 1.75. The lowest BCUT2D eigenvalue weighted by molar-refractivity contribution is -0.174. The Morgan fingerprint density at radius 2 is 2.00 bits per heavy atom. The lowest BCUT2D eigenvalue weighted by Gasteiger charge is -2.11. The van der Waals surface area contributed by atoms with Crippen LogP contribution in [0.5, 0.6) is 5.75 Å². The SMILES string of the molecule is CCC(N)Cc1cccc(OCCCOCC(F)(F)F)c1. The highest BCUT2D eigenvalue weighted by Gasteiger charge is 2.27. The number of rotatable bonds is 9. The van der Waals surface area contributed by atoms with Crippen LogP contribution >= 0.6 is 0 Å². The zero-order valence-corrected chi connectivity index (χ0v) is 12.2. The molecule has 0 saturated heterocycles. The van der Waals surface area contributed by atoms with Gasteiger partial charge in [-0.2, -0.15) is 13.2 Å². The van der Waals surface area contributed by atoms with E-state index in [0.29, 0.717) is 18.8 Å². The molecule has 120 valence electrons. The van der Waals surface area contributed by atoms with E-state index in [1.54, 1.807) is 0 Å². The Balaban J connectivity index is 2.24. The van der Waals surface area contributed by atoms with Crippen molar-refractivity contribution in [2.75, 3.05) is 19.8 Å². The molecule has 21 heavy (non-hydrogen) atoms. The number of hydrogen-bond donors (Lipinski definition) is 1. The van der Waals surface area contributed by atoms with Crippen molar-refractivity contribution in [3.63, 3.8) is 0 Å². The van der Waals surface area contributed by atoms with Gasteiger partial charge in [0.1, 0.15) is 12.4 Å². The third-order valence-corrected chi connectivity index (χ3v) is 2.89. The molecule has 1 unspecified atom stereocenters. The van der Waals surface area contributed by atoms with Gasteiger partial charge in [-0.05, 0) is 30.5 Å². The van der Waals surface area contributed by atoms with Gasteiger partial charge in [0.2, 0.25) is 0 Å². The second-order valence-corrected chi connectivity index (χ2v) is 4.89. The smallest absolute Gasteiger partial charge is 0.411 e. The van der Waals surface area contributed by atoms with Gasteiger partial charge in [-0.1, -0.05) is 19.1 Å². The molecule has 0 spiro atoms. The van der Waals surface area contributed by atoms with Gasteiger partial charge in [0.05, 0.1) is 13.2 Å². The van der Waals surface area contributed by atoms with Gasteiger partial charge in [0.25, 0.3) is 0 Å². The summed E-state index contributed by atoms with van der Waals surface area (Å²) in [5, 5.41) is 0. The van der Waals surface area contributed by atoms with E-state index < -0.39 is 12.8 Å². The summed E-state index contributed by atoms with van der Waals surface area (Å²) in [7, 11) is 0. The standard InChI is InChI=1S/C15H22F3NO2/c1-2-13(19)9-12-5-3-6-14(10-12)21-8-4-7-20-11-15(16,17)18/h3,5-6,10,13H,2,4,7-9,11,19H2,1H3. The van der Waals surface area contributed by atoms with Crippen molar-refractivity contribution in [1.82, 2.24) is 0 Å². The summed E-state index contributed by atoms with van der Waals surface area (Å²) < 4.78 is 45.5. The molecule has 0 amide bonds. The molecule has 0 aliphatic heterocycles. The van der Waals surface area contributed by atoms with E-state index in [1.165, 1.54) is 0 Å². The van der Waals surface area contributed by atoms with Crippen LogP contribution in [0.15, 0.2) is 24.3 Å². The van der Waals surface area contributed by atoms with E-state index in [0.717, 1.165) is 18.4 Å². The van der Waals surface area contributed by atoms with Crippen LogP contribution in [0.3, 0.4) is 0 Å². The highest BCUT2D eigenvalue weighted by Crippen LogP contribution is 2.16. The zero-order chi connectivity index (χ0) is 15.7. The Morgan fingerprint density at radius 1 is 1.24 bits per heavy atom. The molecular weight excluding hydrogens is 283 g/mol. The average molecular weight is 305 g/mol. The zero-order valence-electron chi connectivity index (χ0n) is 12.2. The fraction of sp³-hybridized carbons (Fsp3) is 0.600. The van der Waals surface area contributed by atoms with Crippen LogP contribution in [0.1, 0.15) is 25.3 Å². The van der Waals surface area contributed by atoms with Crippen LogP contribution < -0.4 is 10.5 Å². The molecule has 1 atom stereocenters. The summed E-state index contributed by atoms with van der Waals surface area (Å²) in [6.07, 6.45) is -2.17. The van der Waals surface area contributed by atoms with E-state index in [1.807, 2.05) is 31.2 Å². The van der Waals surface area contributed by atoms with Crippen molar-refractivity contribution in [3.8, 4) is 5.75 Å². The third kappa shape index (κ3) is 8.57. The molecule has 3 nitrogen and oxygen atoms in total. The molecule has 2 N–H and O–H groups in total. The molecule has 0 radical (unpaired) electrons. The Hall–Kier alpha value is -1.27. The topological polar surface area (TPSA) is 44.5 Å². The second kappa shape index (κ2) is 8.89. The molecule has 0 heterocycles. The molecule has 0 aliphatic carbocycles. The summed E-state index contributed by atoms with van der Waals surface area (Å²) in [6, 6.07) is 7.71. The molecule has 0 saturated carbocycles. The molecule has 1 aromatic carbocycles. The van der Waals surface area contributed by atoms with Gasteiger partial charge in [-0.25, -0.2) is 0 Å². The maximum absolute atomic E-state index is 11.8. The van der Waals surface area contributed by atoms with Gasteiger partial charge in [0.15, 0.2) is 0 Å². The number of ether oxygens (including phenoxy) is 2. The van der Waals surface area contributed by atoms with Gasteiger partial charge in [-0.15, -0.1) is 0 Å². The first-order valence-electron chi connectivity index (χ1n) is 7.02. The average Bonchev–Trinajstić information content (AvgIpc) is 2.42. The number of halogens is 3. The van der Waals surface area contributed by atoms with Crippen LogP contribution in [-0.4, -0.2) is 32.0 Å². The second-order valence-electron chi connectivity index (χ2n) is 4.89. The van der Waals surface area contributed by atoms with Gasteiger partial charge in [0, 0.05) is 12.5 Å². The van der Waals surface area contributed by atoms with Crippen LogP contribution in [0.2, 0.25) is 0 Å². The largest absolute Gasteiger partial charge is 0.493 e. The molecule has 0 fully saturated rings. The van der Waals surface area contributed by atoms with Crippen molar-refractivity contribution in [1.29, 1.82) is 0 Å². The van der Waals surface area contributed by atoms with Crippen LogP contribution in [0, 0.1) is 0 Å². The van der Waals surface area contributed by atoms with E-state index >= 15 is 0 Å². The lowest BCUT2D eigenvalue weighted by Crippen LogP contribution is -2.21. The minimum atomic E-state index is -4.27. The Bertz CT molecular complexity index is 410. The summed E-state index contributed by atoms with van der Waals surface area (Å²) in [6.45, 7) is 1.17. The van der Waals surface area contributed by atoms with E-state index in [4.69, 9.17) is 10.5 Å². The predicted octanol–water partition coefficient (Wildman–Crippen LogP) is 3.31. The molecule has 1 rings (SSSR count). The molecule has 6 heteroatoms. The lowest BCUT2D eigenvalue weighted by atomic mass is 10.0. The monoisotopic (exact) mass is 305 g/mol. The van der Waals surface area contributed by atoms with E-state index in [-0.39, 0.29) is 12.6 Å². The number of alkyl halides is 3. The number of nitrogens with two attached hydrogens (primary N) is 1. The first kappa shape index (κ1) is 17.8. The molecule has 0 bridgehead atoms. The van der Waals surface area contributed by atoms with Crippen molar-refractivity contribution in [2.24, 2.45) is 5.73 Å². The van der Waals surface area contributed by atoms with Gasteiger partial charge in [-0.3, -0.25) is 0 Å². The summed E-state index contributed by atoms with van der Waals surface area (Å²) in [5.41, 5.74) is 6.99. The van der Waals surface area contributed by atoms with Crippen LogP contribution in [0.4, 0.5) is 13.2 Å². The van der Waals surface area contributed by atoms with Gasteiger partial charge >= 0.3 is 6.18 Å². The summed E-state index contributed by atoms with van der Waals surface area (Å²) in [4.78, 5) is 0. The highest BCUT2D eigenvalue weighted by molar-refractivity contribution is 5.29. The normalized spacial score (nSPS) is 13.2. The predicted molar refractivity (Wildman–Crippen MR) is 75.4 cm³/mol. The van der Waals surface area contributed by atoms with Crippen LogP contribution in [0.25, 0.3) is 0 Å². The first-order chi connectivity index (χ1) is 9.90. The minimum Gasteiger partial charge on any atom is -0.493 e. The summed E-state index contributed by atoms with van der Waals surface area (Å²) >= 11 is 0. The Morgan fingerprint density at radius 3 is 2.67 bits per heavy atom. The summed E-state index contributed by atoms with van der Waals surface area (Å²) in [5.74, 6) is 0.701. The van der Waals surface area contributed by atoms with Crippen LogP contribution in [-0.2, 0) is 11.2 Å². The highest BCUT2D eigenvalue weighted by atomic mass is 19.4. The molecule has 0 aliphatic rings. The van der Waals surface area contributed by atoms with E-state index in [9.17, 15) is 13.2 Å². The van der Waals surface area contributed by atoms with Crippen molar-refractivity contribution < 1.29 is 22.6 Å². The maximum Gasteiger partial charge on any atom is 0.411 e. The van der Waals surface area contributed by atoms with Gasteiger partial charge < -0.3 is 15.2 Å². The minimum absolute atomic E-state index is 0.0277. The third-order valence-electron chi connectivity index (χ3n) is 2.89. The Labute approximate surface area is 123 Å². The quantitative estimate of drug-likeness (QED) is 0.712. The number of benzene rings is 1. The van der Waals surface area contributed by atoms with E-state index in [2.05, 4.69) is 4.74 Å². The maximum atomic E-state index is 11.8. The molecular formula is C15H22F3NO2. The molecule has 0 aromatic heterocycles. The van der Waals surface area contributed by atoms with Crippen molar-refractivity contribution >= 4 is 0 Å². The fourth-order valence-corrected chi connectivity index (χ4v) is 1.75. The van der Waals surface area contributed by atoms with Crippen molar-refractivity contribution in [3.05, 3.63) is 29.8 Å².